The molecular weight excluding hydrogens is 324 g/mol. The predicted octanol–water partition coefficient (Wildman–Crippen LogP) is 3.56. The molecule has 134 valence electrons. The molecule has 3 aromatic rings. The summed E-state index contributed by atoms with van der Waals surface area (Å²) in [6.45, 7) is 1.39. The third-order valence-corrected chi connectivity index (χ3v) is 4.98. The van der Waals surface area contributed by atoms with Crippen LogP contribution < -0.4 is 10.1 Å². The van der Waals surface area contributed by atoms with E-state index in [0.29, 0.717) is 12.6 Å². The third-order valence-electron chi connectivity index (χ3n) is 4.98. The molecule has 26 heavy (non-hydrogen) atoms. The van der Waals surface area contributed by atoms with Crippen molar-refractivity contribution in [3.8, 4) is 5.75 Å². The summed E-state index contributed by atoms with van der Waals surface area (Å²) in [5, 5.41) is 8.10. The molecule has 1 atom stereocenters. The van der Waals surface area contributed by atoms with Crippen LogP contribution in [0.1, 0.15) is 41.3 Å². The van der Waals surface area contributed by atoms with Gasteiger partial charge < -0.3 is 10.1 Å². The second-order valence-corrected chi connectivity index (χ2v) is 6.79. The molecule has 1 aromatic carbocycles. The van der Waals surface area contributed by atoms with Gasteiger partial charge in [-0.15, -0.1) is 0 Å². The molecule has 0 aliphatic heterocycles. The van der Waals surface area contributed by atoms with Gasteiger partial charge in [-0.3, -0.25) is 9.67 Å². The number of hydrogen-bond donors (Lipinski definition) is 1. The van der Waals surface area contributed by atoms with Crippen molar-refractivity contribution in [3.05, 3.63) is 77.4 Å². The quantitative estimate of drug-likeness (QED) is 0.740. The molecule has 2 aromatic heterocycles. The van der Waals surface area contributed by atoms with E-state index in [-0.39, 0.29) is 0 Å². The summed E-state index contributed by atoms with van der Waals surface area (Å²) < 4.78 is 7.83. The van der Waals surface area contributed by atoms with Crippen molar-refractivity contribution >= 4 is 0 Å². The Morgan fingerprint density at radius 1 is 1.15 bits per heavy atom. The Bertz CT molecular complexity index is 842. The lowest BCUT2D eigenvalue weighted by Crippen LogP contribution is -2.24. The van der Waals surface area contributed by atoms with Crippen LogP contribution in [0.25, 0.3) is 0 Å². The normalized spacial score (nSPS) is 16.3. The average Bonchev–Trinajstić information content (AvgIpc) is 3.08. The molecule has 0 saturated heterocycles. The van der Waals surface area contributed by atoms with E-state index < -0.39 is 0 Å². The van der Waals surface area contributed by atoms with Crippen LogP contribution in [0.4, 0.5) is 0 Å². The number of rotatable bonds is 6. The molecule has 5 heteroatoms. The Hall–Kier alpha value is -2.66. The van der Waals surface area contributed by atoms with Crippen molar-refractivity contribution in [2.75, 3.05) is 0 Å². The lowest BCUT2D eigenvalue weighted by atomic mass is 9.93. The molecule has 0 spiro atoms. The fraction of sp³-hybridized carbons (Fsp3) is 0.333. The highest BCUT2D eigenvalue weighted by Gasteiger charge is 2.22. The van der Waals surface area contributed by atoms with Crippen LogP contribution in [-0.2, 0) is 26.6 Å². The third kappa shape index (κ3) is 3.78. The van der Waals surface area contributed by atoms with Crippen LogP contribution in [0.5, 0.6) is 5.75 Å². The van der Waals surface area contributed by atoms with Crippen LogP contribution in [0.2, 0.25) is 0 Å². The molecule has 0 radical (unpaired) electrons. The smallest absolute Gasteiger partial charge is 0.119 e. The molecule has 1 N–H and O–H groups in total. The van der Waals surface area contributed by atoms with Crippen molar-refractivity contribution in [2.45, 2.75) is 38.5 Å². The maximum atomic E-state index is 5.82. The molecule has 0 unspecified atom stereocenters. The number of fused-ring (bicyclic) bond motifs is 1. The Balaban J connectivity index is 1.32. The maximum absolute atomic E-state index is 5.82. The van der Waals surface area contributed by atoms with Gasteiger partial charge in [0.15, 0.2) is 0 Å². The Morgan fingerprint density at radius 3 is 2.85 bits per heavy atom. The van der Waals surface area contributed by atoms with E-state index in [2.05, 4.69) is 27.5 Å². The van der Waals surface area contributed by atoms with E-state index in [4.69, 9.17) is 4.74 Å². The zero-order chi connectivity index (χ0) is 17.8. The van der Waals surface area contributed by atoms with E-state index in [1.807, 2.05) is 48.4 Å². The van der Waals surface area contributed by atoms with E-state index in [1.54, 1.807) is 6.20 Å². The van der Waals surface area contributed by atoms with Crippen LogP contribution in [0, 0.1) is 0 Å². The molecule has 0 fully saturated rings. The van der Waals surface area contributed by atoms with Crippen molar-refractivity contribution in [2.24, 2.45) is 7.05 Å². The van der Waals surface area contributed by atoms with E-state index in [0.717, 1.165) is 24.3 Å². The van der Waals surface area contributed by atoms with Crippen molar-refractivity contribution in [1.82, 2.24) is 20.1 Å². The summed E-state index contributed by atoms with van der Waals surface area (Å²) in [6.07, 6.45) is 9.13. The Morgan fingerprint density at radius 2 is 2.04 bits per heavy atom. The highest BCUT2D eigenvalue weighted by atomic mass is 16.5. The zero-order valence-electron chi connectivity index (χ0n) is 15.1. The number of aromatic nitrogens is 3. The topological polar surface area (TPSA) is 52.0 Å². The lowest BCUT2D eigenvalue weighted by molar-refractivity contribution is 0.305. The first-order valence-electron chi connectivity index (χ1n) is 9.14. The SMILES string of the molecule is Cn1ncc2c1CCC[C@@H]2NCc1ccc(OCc2cccnc2)cc1. The number of benzene rings is 1. The molecular formula is C21H24N4O. The average molecular weight is 348 g/mol. The predicted molar refractivity (Wildman–Crippen MR) is 101 cm³/mol. The number of ether oxygens (including phenoxy) is 1. The Kier molecular flexibility index (Phi) is 4.97. The lowest BCUT2D eigenvalue weighted by Gasteiger charge is -2.24. The number of hydrogen-bond acceptors (Lipinski definition) is 4. The van der Waals surface area contributed by atoms with Gasteiger partial charge in [0.1, 0.15) is 12.4 Å². The fourth-order valence-electron chi connectivity index (χ4n) is 3.51. The van der Waals surface area contributed by atoms with E-state index in [1.165, 1.54) is 29.7 Å². The van der Waals surface area contributed by atoms with Gasteiger partial charge in [-0.05, 0) is 43.0 Å². The van der Waals surface area contributed by atoms with E-state index >= 15 is 0 Å². The minimum atomic E-state index is 0.397. The summed E-state index contributed by atoms with van der Waals surface area (Å²) in [7, 11) is 2.03. The highest BCUT2D eigenvalue weighted by Crippen LogP contribution is 2.29. The van der Waals surface area contributed by atoms with Gasteiger partial charge in [-0.25, -0.2) is 0 Å². The summed E-state index contributed by atoms with van der Waals surface area (Å²) in [6, 6.07) is 12.6. The number of aryl methyl sites for hydroxylation is 1. The first-order valence-corrected chi connectivity index (χ1v) is 9.14. The molecule has 0 bridgehead atoms. The first-order chi connectivity index (χ1) is 12.8. The molecule has 4 rings (SSSR count). The first kappa shape index (κ1) is 16.8. The fourth-order valence-corrected chi connectivity index (χ4v) is 3.51. The Labute approximate surface area is 154 Å². The number of pyridine rings is 1. The second-order valence-electron chi connectivity index (χ2n) is 6.79. The van der Waals surface area contributed by atoms with Gasteiger partial charge >= 0.3 is 0 Å². The molecule has 2 heterocycles. The van der Waals surface area contributed by atoms with Crippen LogP contribution in [-0.4, -0.2) is 14.8 Å². The monoisotopic (exact) mass is 348 g/mol. The van der Waals surface area contributed by atoms with Gasteiger partial charge in [-0.2, -0.15) is 5.10 Å². The van der Waals surface area contributed by atoms with Gasteiger partial charge in [-0.1, -0.05) is 18.2 Å². The van der Waals surface area contributed by atoms with Crippen molar-refractivity contribution < 1.29 is 4.74 Å². The minimum Gasteiger partial charge on any atom is -0.489 e. The minimum absolute atomic E-state index is 0.397. The summed E-state index contributed by atoms with van der Waals surface area (Å²) in [5.74, 6) is 0.879. The van der Waals surface area contributed by atoms with Gasteiger partial charge in [0.2, 0.25) is 0 Å². The van der Waals surface area contributed by atoms with Crippen LogP contribution in [0.15, 0.2) is 55.0 Å². The van der Waals surface area contributed by atoms with Crippen molar-refractivity contribution in [1.29, 1.82) is 0 Å². The molecule has 1 aliphatic rings. The zero-order valence-corrected chi connectivity index (χ0v) is 15.1. The van der Waals surface area contributed by atoms with Crippen LogP contribution in [0.3, 0.4) is 0 Å². The molecule has 0 amide bonds. The molecule has 5 nitrogen and oxygen atoms in total. The van der Waals surface area contributed by atoms with Crippen LogP contribution >= 0.6 is 0 Å². The second kappa shape index (κ2) is 7.70. The van der Waals surface area contributed by atoms with Crippen molar-refractivity contribution in [3.63, 3.8) is 0 Å². The summed E-state index contributed by atoms with van der Waals surface area (Å²) in [5.41, 5.74) is 5.06. The van der Waals surface area contributed by atoms with Gasteiger partial charge in [0.25, 0.3) is 0 Å². The van der Waals surface area contributed by atoms with Gasteiger partial charge in [0, 0.05) is 48.8 Å². The number of nitrogens with one attached hydrogen (secondary N) is 1. The molecule has 0 saturated carbocycles. The summed E-state index contributed by atoms with van der Waals surface area (Å²) >= 11 is 0. The van der Waals surface area contributed by atoms with E-state index in [9.17, 15) is 0 Å². The summed E-state index contributed by atoms with van der Waals surface area (Å²) in [4.78, 5) is 4.10. The largest absolute Gasteiger partial charge is 0.489 e. The standard InChI is InChI=1S/C21H24N4O/c1-25-21-6-2-5-20(19(21)14-24-25)23-13-16-7-9-18(10-8-16)26-15-17-4-3-11-22-12-17/h3-4,7-12,14,20,23H,2,5-6,13,15H2,1H3/t20-/m0/s1. The molecule has 1 aliphatic carbocycles. The van der Waals surface area contributed by atoms with Gasteiger partial charge in [0.05, 0.1) is 6.20 Å². The maximum Gasteiger partial charge on any atom is 0.119 e. The highest BCUT2D eigenvalue weighted by molar-refractivity contribution is 5.29. The number of nitrogens with zero attached hydrogens (tertiary/aromatic N) is 3.